The van der Waals surface area contributed by atoms with Crippen LogP contribution in [-0.4, -0.2) is 44.1 Å². The van der Waals surface area contributed by atoms with Gasteiger partial charge in [0.25, 0.3) is 0 Å². The average molecular weight is 475 g/mol. The van der Waals surface area contributed by atoms with Gasteiger partial charge in [-0.3, -0.25) is 9.67 Å². The summed E-state index contributed by atoms with van der Waals surface area (Å²) < 4.78 is 33.2. The molecular formula is C24H22FN7O3. The van der Waals surface area contributed by atoms with Crippen molar-refractivity contribution in [1.82, 2.24) is 29.9 Å². The summed E-state index contributed by atoms with van der Waals surface area (Å²) in [4.78, 5) is 15.5. The van der Waals surface area contributed by atoms with Crippen LogP contribution >= 0.6 is 0 Å². The molecule has 4 heterocycles. The van der Waals surface area contributed by atoms with Crippen molar-refractivity contribution in [2.75, 3.05) is 19.1 Å². The van der Waals surface area contributed by atoms with E-state index in [-0.39, 0.29) is 18.0 Å². The van der Waals surface area contributed by atoms with Crippen LogP contribution in [0.2, 0.25) is 0 Å². The Morgan fingerprint density at radius 3 is 2.63 bits per heavy atom. The Bertz CT molecular complexity index is 1510. The van der Waals surface area contributed by atoms with Gasteiger partial charge >= 0.3 is 0 Å². The van der Waals surface area contributed by atoms with Crippen LogP contribution in [0.3, 0.4) is 0 Å². The molecule has 5 rings (SSSR count). The second kappa shape index (κ2) is 9.01. The molecule has 0 atom stereocenters. The Labute approximate surface area is 199 Å². The van der Waals surface area contributed by atoms with Crippen molar-refractivity contribution in [3.05, 3.63) is 66.2 Å². The highest BCUT2D eigenvalue weighted by Gasteiger charge is 2.23. The molecule has 0 unspecified atom stereocenters. The Balaban J connectivity index is 1.65. The van der Waals surface area contributed by atoms with Gasteiger partial charge in [-0.2, -0.15) is 5.10 Å². The zero-order valence-corrected chi connectivity index (χ0v) is 19.6. The molecule has 11 heteroatoms. The molecule has 0 bridgehead atoms. The molecule has 178 valence electrons. The fourth-order valence-electron chi connectivity index (χ4n) is 3.69. The first-order valence-corrected chi connectivity index (χ1v) is 10.7. The summed E-state index contributed by atoms with van der Waals surface area (Å²) in [7, 11) is 4.73. The summed E-state index contributed by atoms with van der Waals surface area (Å²) in [5.74, 6) is 0.856. The maximum absolute atomic E-state index is 15.5. The standard InChI is InChI=1S/C24H22FN7O3/c1-14-7-17(35-30-14)13-32(20-8-16(33-3)9-21(34-4)23(20)25)22-6-5-18-24(29-22)28-19(11-26-18)15-10-27-31(2)12-15/h5-12H,13H2,1-4H3. The predicted molar refractivity (Wildman–Crippen MR) is 126 cm³/mol. The molecule has 0 aliphatic rings. The van der Waals surface area contributed by atoms with Gasteiger partial charge < -0.3 is 18.9 Å². The first-order chi connectivity index (χ1) is 16.9. The lowest BCUT2D eigenvalue weighted by Gasteiger charge is -2.24. The van der Waals surface area contributed by atoms with Gasteiger partial charge in [0.05, 0.1) is 50.2 Å². The first-order valence-electron chi connectivity index (χ1n) is 10.7. The SMILES string of the molecule is COc1cc(OC)c(F)c(N(Cc2cc(C)no2)c2ccc3ncc(-c4cnn(C)c4)nc3n2)c1. The third kappa shape index (κ3) is 4.35. The number of benzene rings is 1. The largest absolute Gasteiger partial charge is 0.497 e. The number of methoxy groups -OCH3 is 2. The van der Waals surface area contributed by atoms with Gasteiger partial charge in [-0.25, -0.2) is 14.4 Å². The Kier molecular flexibility index (Phi) is 5.73. The molecule has 0 saturated carbocycles. The molecule has 35 heavy (non-hydrogen) atoms. The summed E-state index contributed by atoms with van der Waals surface area (Å²) in [5, 5.41) is 8.14. The lowest BCUT2D eigenvalue weighted by Crippen LogP contribution is -2.19. The second-order valence-corrected chi connectivity index (χ2v) is 7.85. The normalized spacial score (nSPS) is 11.1. The monoisotopic (exact) mass is 475 g/mol. The van der Waals surface area contributed by atoms with Gasteiger partial charge in [0, 0.05) is 37.0 Å². The van der Waals surface area contributed by atoms with Gasteiger partial charge in [-0.15, -0.1) is 0 Å². The maximum atomic E-state index is 15.5. The Morgan fingerprint density at radius 1 is 1.09 bits per heavy atom. The van der Waals surface area contributed by atoms with E-state index in [0.29, 0.717) is 39.9 Å². The van der Waals surface area contributed by atoms with Crippen LogP contribution in [0.1, 0.15) is 11.5 Å². The summed E-state index contributed by atoms with van der Waals surface area (Å²) in [6.07, 6.45) is 5.22. The molecule has 10 nitrogen and oxygen atoms in total. The highest BCUT2D eigenvalue weighted by atomic mass is 19.1. The average Bonchev–Trinajstić information content (AvgIpc) is 3.50. The molecule has 0 amide bonds. The minimum atomic E-state index is -0.568. The summed E-state index contributed by atoms with van der Waals surface area (Å²) in [6, 6.07) is 8.37. The molecule has 1 aromatic carbocycles. The number of fused-ring (bicyclic) bond motifs is 1. The second-order valence-electron chi connectivity index (χ2n) is 7.85. The highest BCUT2D eigenvalue weighted by Crippen LogP contribution is 2.37. The van der Waals surface area contributed by atoms with E-state index in [1.165, 1.54) is 20.3 Å². The van der Waals surface area contributed by atoms with E-state index in [2.05, 4.69) is 20.2 Å². The van der Waals surface area contributed by atoms with Gasteiger partial charge in [-0.1, -0.05) is 5.16 Å². The van der Waals surface area contributed by atoms with Crippen LogP contribution in [-0.2, 0) is 13.6 Å². The number of nitrogens with zero attached hydrogens (tertiary/aromatic N) is 7. The summed E-state index contributed by atoms with van der Waals surface area (Å²) >= 11 is 0. The van der Waals surface area contributed by atoms with Crippen molar-refractivity contribution in [2.24, 2.45) is 7.05 Å². The maximum Gasteiger partial charge on any atom is 0.188 e. The van der Waals surface area contributed by atoms with Crippen molar-refractivity contribution >= 4 is 22.7 Å². The molecule has 0 radical (unpaired) electrons. The number of aromatic nitrogens is 6. The van der Waals surface area contributed by atoms with Crippen LogP contribution in [0.25, 0.3) is 22.4 Å². The number of halogens is 1. The van der Waals surface area contributed by atoms with Crippen LogP contribution in [0.5, 0.6) is 11.5 Å². The van der Waals surface area contributed by atoms with E-state index in [4.69, 9.17) is 19.0 Å². The van der Waals surface area contributed by atoms with E-state index < -0.39 is 5.82 Å². The molecule has 4 aromatic heterocycles. The Hall–Kier alpha value is -4.54. The van der Waals surface area contributed by atoms with Gasteiger partial charge in [0.15, 0.2) is 23.0 Å². The number of hydrogen-bond acceptors (Lipinski definition) is 9. The van der Waals surface area contributed by atoms with E-state index in [0.717, 1.165) is 5.56 Å². The van der Waals surface area contributed by atoms with Gasteiger partial charge in [-0.05, 0) is 19.1 Å². The third-order valence-electron chi connectivity index (χ3n) is 5.40. The smallest absolute Gasteiger partial charge is 0.188 e. The van der Waals surface area contributed by atoms with E-state index in [1.807, 2.05) is 20.2 Å². The lowest BCUT2D eigenvalue weighted by molar-refractivity contribution is 0.371. The van der Waals surface area contributed by atoms with Gasteiger partial charge in [0.1, 0.15) is 17.1 Å². The molecule has 0 N–H and O–H groups in total. The highest BCUT2D eigenvalue weighted by molar-refractivity contribution is 5.77. The fraction of sp³-hybridized carbons (Fsp3) is 0.208. The zero-order chi connectivity index (χ0) is 24.5. The number of hydrogen-bond donors (Lipinski definition) is 0. The van der Waals surface area contributed by atoms with Crippen LogP contribution in [0.15, 0.2) is 53.4 Å². The molecular weight excluding hydrogens is 453 g/mol. The van der Waals surface area contributed by atoms with Crippen molar-refractivity contribution in [3.63, 3.8) is 0 Å². The van der Waals surface area contributed by atoms with Crippen molar-refractivity contribution in [1.29, 1.82) is 0 Å². The van der Waals surface area contributed by atoms with Crippen molar-refractivity contribution < 1.29 is 18.4 Å². The van der Waals surface area contributed by atoms with Crippen molar-refractivity contribution in [2.45, 2.75) is 13.5 Å². The topological polar surface area (TPSA) is 104 Å². The number of pyridine rings is 1. The molecule has 5 aromatic rings. The Morgan fingerprint density at radius 2 is 1.94 bits per heavy atom. The molecule has 0 aliphatic carbocycles. The molecule has 0 spiro atoms. The minimum Gasteiger partial charge on any atom is -0.497 e. The van der Waals surface area contributed by atoms with Crippen LogP contribution < -0.4 is 14.4 Å². The predicted octanol–water partition coefficient (Wildman–Crippen LogP) is 4.22. The van der Waals surface area contributed by atoms with Crippen molar-refractivity contribution in [3.8, 4) is 22.8 Å². The minimum absolute atomic E-state index is 0.0394. The fourth-order valence-corrected chi connectivity index (χ4v) is 3.69. The first kappa shape index (κ1) is 22.3. The zero-order valence-electron chi connectivity index (χ0n) is 19.6. The number of rotatable bonds is 7. The number of aryl methyl sites for hydroxylation is 2. The van der Waals surface area contributed by atoms with Gasteiger partial charge in [0.2, 0.25) is 0 Å². The third-order valence-corrected chi connectivity index (χ3v) is 5.40. The van der Waals surface area contributed by atoms with E-state index >= 15 is 4.39 Å². The van der Waals surface area contributed by atoms with Crippen LogP contribution in [0, 0.1) is 12.7 Å². The molecule has 0 fully saturated rings. The summed E-state index contributed by atoms with van der Waals surface area (Å²) in [5.41, 5.74) is 3.34. The molecule has 0 saturated heterocycles. The quantitative estimate of drug-likeness (QED) is 0.342. The summed E-state index contributed by atoms with van der Waals surface area (Å²) in [6.45, 7) is 1.97. The number of anilines is 2. The lowest BCUT2D eigenvalue weighted by atomic mass is 10.2. The molecule has 0 aliphatic heterocycles. The number of ether oxygens (including phenoxy) is 2. The van der Waals surface area contributed by atoms with E-state index in [1.54, 1.807) is 46.2 Å². The van der Waals surface area contributed by atoms with E-state index in [9.17, 15) is 0 Å². The van der Waals surface area contributed by atoms with Crippen LogP contribution in [0.4, 0.5) is 15.9 Å².